The smallest absolute Gasteiger partial charge is 0.231 e. The fourth-order valence-corrected chi connectivity index (χ4v) is 6.49. The Labute approximate surface area is 261 Å². The van der Waals surface area contributed by atoms with E-state index < -0.39 is 0 Å². The molecule has 8 nitrogen and oxygen atoms in total. The molecule has 1 aromatic heterocycles. The molecule has 10 heteroatoms. The van der Waals surface area contributed by atoms with Crippen LogP contribution >= 0.6 is 22.9 Å². The minimum atomic E-state index is 0.257. The first-order chi connectivity index (χ1) is 21.0. The van der Waals surface area contributed by atoms with E-state index in [1.165, 1.54) is 0 Å². The molecule has 0 unspecified atom stereocenters. The number of aromatic nitrogens is 1. The number of piperazine rings is 1. The van der Waals surface area contributed by atoms with Crippen LogP contribution in [0.4, 0.5) is 5.69 Å². The van der Waals surface area contributed by atoms with Gasteiger partial charge < -0.3 is 28.7 Å². The second-order valence-electron chi connectivity index (χ2n) is 10.5. The standard InChI is InChI=1S/C33H35ClN4O4S/c1-23(37-11-13-38(14-12-37)27-6-4-5-26(34)16-27)29-21-43-33(35-29)20-36(18-24-7-10-30-32(15-24)42-22-41-30)19-25-8-9-28(39-2)17-31(25)40-3/h4-10,15-17,21H,1,11-14,18-20,22H2,2-3H3. The Morgan fingerprint density at radius 2 is 1.79 bits per heavy atom. The van der Waals surface area contributed by atoms with Gasteiger partial charge in [0.05, 0.1) is 32.2 Å². The lowest BCUT2D eigenvalue weighted by Gasteiger charge is -2.37. The number of benzene rings is 3. The van der Waals surface area contributed by atoms with Crippen molar-refractivity contribution in [3.05, 3.63) is 99.5 Å². The number of nitrogens with zero attached hydrogens (tertiary/aromatic N) is 4. The van der Waals surface area contributed by atoms with Gasteiger partial charge in [-0.25, -0.2) is 4.98 Å². The lowest BCUT2D eigenvalue weighted by Crippen LogP contribution is -2.45. The highest BCUT2D eigenvalue weighted by Gasteiger charge is 2.22. The highest BCUT2D eigenvalue weighted by molar-refractivity contribution is 7.09. The number of ether oxygens (including phenoxy) is 4. The average molecular weight is 619 g/mol. The van der Waals surface area contributed by atoms with Gasteiger partial charge in [0, 0.05) is 67.0 Å². The molecule has 224 valence electrons. The van der Waals surface area contributed by atoms with Crippen LogP contribution in [0, 0.1) is 0 Å². The molecule has 4 aromatic rings. The van der Waals surface area contributed by atoms with Gasteiger partial charge in [0.2, 0.25) is 6.79 Å². The summed E-state index contributed by atoms with van der Waals surface area (Å²) in [6.45, 7) is 10.3. The maximum Gasteiger partial charge on any atom is 0.231 e. The number of rotatable bonds is 11. The van der Waals surface area contributed by atoms with Gasteiger partial charge in [-0.2, -0.15) is 0 Å². The van der Waals surface area contributed by atoms with Crippen LogP contribution in [-0.4, -0.2) is 62.0 Å². The largest absolute Gasteiger partial charge is 0.497 e. The maximum atomic E-state index is 6.22. The Balaban J connectivity index is 1.15. The number of halogens is 1. The molecule has 2 aliphatic rings. The van der Waals surface area contributed by atoms with Crippen molar-refractivity contribution >= 4 is 34.3 Å². The molecule has 43 heavy (non-hydrogen) atoms. The Morgan fingerprint density at radius 3 is 2.58 bits per heavy atom. The van der Waals surface area contributed by atoms with Gasteiger partial charge in [-0.05, 0) is 42.0 Å². The molecule has 6 rings (SSSR count). The summed E-state index contributed by atoms with van der Waals surface area (Å²) in [5.74, 6) is 3.12. The predicted octanol–water partition coefficient (Wildman–Crippen LogP) is 6.54. The van der Waals surface area contributed by atoms with Gasteiger partial charge in [0.1, 0.15) is 16.5 Å². The van der Waals surface area contributed by atoms with E-state index >= 15 is 0 Å². The summed E-state index contributed by atoms with van der Waals surface area (Å²) < 4.78 is 22.3. The number of hydrogen-bond acceptors (Lipinski definition) is 9. The zero-order valence-corrected chi connectivity index (χ0v) is 26.0. The molecule has 0 radical (unpaired) electrons. The first-order valence-corrected chi connectivity index (χ1v) is 15.5. The Morgan fingerprint density at radius 1 is 0.953 bits per heavy atom. The van der Waals surface area contributed by atoms with E-state index in [2.05, 4.69) is 50.9 Å². The fraction of sp³-hybridized carbons (Fsp3) is 0.303. The van der Waals surface area contributed by atoms with E-state index in [1.54, 1.807) is 25.6 Å². The van der Waals surface area contributed by atoms with Crippen molar-refractivity contribution in [1.82, 2.24) is 14.8 Å². The van der Waals surface area contributed by atoms with Crippen molar-refractivity contribution in [2.45, 2.75) is 19.6 Å². The lowest BCUT2D eigenvalue weighted by atomic mass is 10.1. The number of fused-ring (bicyclic) bond motifs is 1. The minimum Gasteiger partial charge on any atom is -0.497 e. The molecule has 3 heterocycles. The van der Waals surface area contributed by atoms with Gasteiger partial charge in [-0.3, -0.25) is 4.90 Å². The topological polar surface area (TPSA) is 59.5 Å². The third-order valence-corrected chi connectivity index (χ3v) is 8.84. The molecule has 0 atom stereocenters. The van der Waals surface area contributed by atoms with Crippen LogP contribution in [-0.2, 0) is 19.6 Å². The number of anilines is 1. The predicted molar refractivity (Wildman–Crippen MR) is 171 cm³/mol. The zero-order chi connectivity index (χ0) is 29.8. The molecule has 1 fully saturated rings. The van der Waals surface area contributed by atoms with E-state index in [1.807, 2.05) is 36.4 Å². The molecule has 3 aromatic carbocycles. The van der Waals surface area contributed by atoms with Crippen LogP contribution < -0.4 is 23.8 Å². The highest BCUT2D eigenvalue weighted by Crippen LogP contribution is 2.34. The summed E-state index contributed by atoms with van der Waals surface area (Å²) >= 11 is 7.88. The number of thiazole rings is 1. The Kier molecular flexibility index (Phi) is 8.92. The van der Waals surface area contributed by atoms with Gasteiger partial charge in [-0.15, -0.1) is 11.3 Å². The minimum absolute atomic E-state index is 0.257. The van der Waals surface area contributed by atoms with Crippen molar-refractivity contribution in [3.8, 4) is 23.0 Å². The van der Waals surface area contributed by atoms with Crippen molar-refractivity contribution in [3.63, 3.8) is 0 Å². The SMILES string of the molecule is C=C(c1csc(CN(Cc2ccc3c(c2)OCO3)Cc2ccc(OC)cc2OC)n1)N1CCN(c2cccc(Cl)c2)CC1. The molecule has 2 aliphatic heterocycles. The summed E-state index contributed by atoms with van der Waals surface area (Å²) in [4.78, 5) is 12.1. The molecular formula is C33H35ClN4O4S. The summed E-state index contributed by atoms with van der Waals surface area (Å²) in [5, 5.41) is 3.91. The number of methoxy groups -OCH3 is 2. The fourth-order valence-electron chi connectivity index (χ4n) is 5.47. The molecule has 0 bridgehead atoms. The zero-order valence-electron chi connectivity index (χ0n) is 24.4. The van der Waals surface area contributed by atoms with E-state index in [0.717, 1.165) is 87.4 Å². The molecule has 0 N–H and O–H groups in total. The number of hydrogen-bond donors (Lipinski definition) is 0. The van der Waals surface area contributed by atoms with Crippen LogP contribution in [0.2, 0.25) is 5.02 Å². The maximum absolute atomic E-state index is 6.22. The average Bonchev–Trinajstić information content (AvgIpc) is 3.70. The van der Waals surface area contributed by atoms with Crippen LogP contribution in [0.1, 0.15) is 21.8 Å². The van der Waals surface area contributed by atoms with E-state index in [9.17, 15) is 0 Å². The summed E-state index contributed by atoms with van der Waals surface area (Å²) in [5.41, 5.74) is 5.26. The second kappa shape index (κ2) is 13.2. The first kappa shape index (κ1) is 29.2. The summed E-state index contributed by atoms with van der Waals surface area (Å²) in [6, 6.07) is 20.1. The third-order valence-electron chi connectivity index (χ3n) is 7.77. The monoisotopic (exact) mass is 618 g/mol. The highest BCUT2D eigenvalue weighted by atomic mass is 35.5. The van der Waals surface area contributed by atoms with Crippen molar-refractivity contribution < 1.29 is 18.9 Å². The quantitative estimate of drug-likeness (QED) is 0.188. The van der Waals surface area contributed by atoms with E-state index in [4.69, 9.17) is 35.5 Å². The summed E-state index contributed by atoms with van der Waals surface area (Å²) in [7, 11) is 3.35. The van der Waals surface area contributed by atoms with Crippen molar-refractivity contribution in [1.29, 1.82) is 0 Å². The van der Waals surface area contributed by atoms with Crippen LogP contribution in [0.15, 0.2) is 72.6 Å². The van der Waals surface area contributed by atoms with Gasteiger partial charge in [0.25, 0.3) is 0 Å². The normalized spacial score (nSPS) is 14.3. The van der Waals surface area contributed by atoms with Crippen LogP contribution in [0.3, 0.4) is 0 Å². The van der Waals surface area contributed by atoms with E-state index in [0.29, 0.717) is 19.6 Å². The van der Waals surface area contributed by atoms with Gasteiger partial charge in [0.15, 0.2) is 11.5 Å². The molecule has 0 saturated carbocycles. The van der Waals surface area contributed by atoms with Gasteiger partial charge >= 0.3 is 0 Å². The van der Waals surface area contributed by atoms with E-state index in [-0.39, 0.29) is 6.79 Å². The molecular weight excluding hydrogens is 584 g/mol. The Hall–Kier alpha value is -3.92. The summed E-state index contributed by atoms with van der Waals surface area (Å²) in [6.07, 6.45) is 0. The van der Waals surface area contributed by atoms with Gasteiger partial charge in [-0.1, -0.05) is 36.4 Å². The second-order valence-corrected chi connectivity index (χ2v) is 11.9. The molecule has 0 amide bonds. The molecule has 0 aliphatic carbocycles. The first-order valence-electron chi connectivity index (χ1n) is 14.2. The molecule has 0 spiro atoms. The molecule has 1 saturated heterocycles. The third kappa shape index (κ3) is 6.85. The van der Waals surface area contributed by atoms with Crippen molar-refractivity contribution in [2.24, 2.45) is 0 Å². The van der Waals surface area contributed by atoms with Crippen molar-refractivity contribution in [2.75, 3.05) is 52.1 Å². The van der Waals surface area contributed by atoms with Crippen LogP contribution in [0.25, 0.3) is 5.70 Å². The lowest BCUT2D eigenvalue weighted by molar-refractivity contribution is 0.174. The van der Waals surface area contributed by atoms with Crippen LogP contribution in [0.5, 0.6) is 23.0 Å². The Bertz CT molecular complexity index is 1590.